The van der Waals surface area contributed by atoms with Crippen LogP contribution in [0.25, 0.3) is 11.3 Å². The Balaban J connectivity index is 2.54. The average Bonchev–Trinajstić information content (AvgIpc) is 2.57. The van der Waals surface area contributed by atoms with Crippen LogP contribution in [0.15, 0.2) is 23.0 Å². The van der Waals surface area contributed by atoms with E-state index in [2.05, 4.69) is 37.1 Å². The maximum atomic E-state index is 12.8. The van der Waals surface area contributed by atoms with Crippen molar-refractivity contribution in [2.24, 2.45) is 0 Å². The molecule has 1 atom stereocenters. The second-order valence-electron chi connectivity index (χ2n) is 7.73. The highest BCUT2D eigenvalue weighted by molar-refractivity contribution is 6.31. The lowest BCUT2D eigenvalue weighted by Gasteiger charge is -2.23. The van der Waals surface area contributed by atoms with Crippen LogP contribution in [-0.2, 0) is 14.9 Å². The second kappa shape index (κ2) is 8.28. The predicted octanol–water partition coefficient (Wildman–Crippen LogP) is 4.04. The molecule has 5 nitrogen and oxygen atoms in total. The van der Waals surface area contributed by atoms with Gasteiger partial charge in [-0.05, 0) is 36.5 Å². The first kappa shape index (κ1) is 21.2. The molecule has 2 rings (SSSR count). The van der Waals surface area contributed by atoms with Crippen LogP contribution in [0.1, 0.15) is 49.3 Å². The molecule has 0 bridgehead atoms. The highest BCUT2D eigenvalue weighted by Crippen LogP contribution is 2.35. The van der Waals surface area contributed by atoms with Crippen molar-refractivity contribution >= 4 is 18.0 Å². The van der Waals surface area contributed by atoms with E-state index in [0.29, 0.717) is 28.4 Å². The highest BCUT2D eigenvalue weighted by atomic mass is 35.5. The molecule has 1 unspecified atom stereocenters. The van der Waals surface area contributed by atoms with E-state index < -0.39 is 6.10 Å². The summed E-state index contributed by atoms with van der Waals surface area (Å²) in [6.07, 6.45) is 0.0763. The van der Waals surface area contributed by atoms with Crippen LogP contribution >= 0.6 is 11.6 Å². The van der Waals surface area contributed by atoms with Crippen molar-refractivity contribution in [1.82, 2.24) is 10.3 Å². The number of hydrogen-bond acceptors (Lipinski definition) is 3. The maximum absolute atomic E-state index is 12.8. The fourth-order valence-corrected chi connectivity index (χ4v) is 3.70. The number of aryl methyl sites for hydroxylation is 2. The number of carbonyl (C=O) groups excluding carboxylic acids is 1. The molecule has 1 aromatic heterocycles. The number of carbonyl (C=O) groups is 1. The smallest absolute Gasteiger partial charge is 0.207 e. The van der Waals surface area contributed by atoms with Crippen LogP contribution < -0.4 is 10.7 Å². The van der Waals surface area contributed by atoms with Crippen molar-refractivity contribution in [2.45, 2.75) is 46.1 Å². The molecule has 2 aromatic rings. The number of aromatic amines is 1. The van der Waals surface area contributed by atoms with E-state index in [0.717, 1.165) is 16.7 Å². The number of H-pyrrole nitrogens is 1. The summed E-state index contributed by atoms with van der Waals surface area (Å²) < 4.78 is 5.38. The Hall–Kier alpha value is -2.11. The van der Waals surface area contributed by atoms with E-state index in [-0.39, 0.29) is 17.4 Å². The van der Waals surface area contributed by atoms with Gasteiger partial charge in [-0.2, -0.15) is 0 Å². The monoisotopic (exact) mass is 390 g/mol. The van der Waals surface area contributed by atoms with Gasteiger partial charge in [-0.15, -0.1) is 0 Å². The molecule has 1 aromatic carbocycles. The summed E-state index contributed by atoms with van der Waals surface area (Å²) in [7, 11) is 1.51. The fraction of sp³-hybridized carbons (Fsp3) is 0.429. The molecule has 0 spiro atoms. The van der Waals surface area contributed by atoms with Crippen LogP contribution in [0.4, 0.5) is 0 Å². The fourth-order valence-electron chi connectivity index (χ4n) is 3.25. The summed E-state index contributed by atoms with van der Waals surface area (Å²) in [6.45, 7) is 10.4. The number of methoxy groups -OCH3 is 1. The molecule has 1 heterocycles. The predicted molar refractivity (Wildman–Crippen MR) is 109 cm³/mol. The summed E-state index contributed by atoms with van der Waals surface area (Å²) in [5, 5.41) is 3.24. The molecule has 0 radical (unpaired) electrons. The normalized spacial score (nSPS) is 12.7. The van der Waals surface area contributed by atoms with Crippen LogP contribution in [0.2, 0.25) is 5.02 Å². The van der Waals surface area contributed by atoms with Gasteiger partial charge in [-0.25, -0.2) is 0 Å². The number of nitrogens with one attached hydrogen (secondary N) is 2. The number of benzene rings is 1. The van der Waals surface area contributed by atoms with E-state index in [9.17, 15) is 9.59 Å². The Bertz CT molecular complexity index is 898. The minimum atomic E-state index is -0.513. The van der Waals surface area contributed by atoms with Crippen molar-refractivity contribution in [2.75, 3.05) is 13.7 Å². The highest BCUT2D eigenvalue weighted by Gasteiger charge is 2.21. The molecule has 0 aliphatic carbocycles. The lowest BCUT2D eigenvalue weighted by Crippen LogP contribution is -2.27. The van der Waals surface area contributed by atoms with Gasteiger partial charge in [0.05, 0.1) is 0 Å². The van der Waals surface area contributed by atoms with Crippen LogP contribution in [0.5, 0.6) is 0 Å². The second-order valence-corrected chi connectivity index (χ2v) is 8.14. The third-order valence-electron chi connectivity index (χ3n) is 4.67. The van der Waals surface area contributed by atoms with Gasteiger partial charge < -0.3 is 15.0 Å². The Morgan fingerprint density at radius 1 is 1.26 bits per heavy atom. The van der Waals surface area contributed by atoms with Gasteiger partial charge in [0, 0.05) is 47.3 Å². The summed E-state index contributed by atoms with van der Waals surface area (Å²) in [4.78, 5) is 26.6. The standard InChI is InChI=1S/C21H27ClN2O3/c1-12-7-15(21(3,4)5)16(22)8-14(12)17-9-18(26)20(13(2)24-17)19(27-6)10-23-11-25/h7-9,11,19H,10H2,1-6H3,(H,23,25)(H,24,26). The zero-order valence-electron chi connectivity index (χ0n) is 16.7. The molecule has 0 saturated heterocycles. The minimum Gasteiger partial charge on any atom is -0.375 e. The molecule has 2 N–H and O–H groups in total. The van der Waals surface area contributed by atoms with Gasteiger partial charge >= 0.3 is 0 Å². The first-order chi connectivity index (χ1) is 12.6. The topological polar surface area (TPSA) is 71.2 Å². The Morgan fingerprint density at radius 2 is 1.93 bits per heavy atom. The number of hydrogen-bond donors (Lipinski definition) is 2. The van der Waals surface area contributed by atoms with Crippen molar-refractivity contribution < 1.29 is 9.53 Å². The molecule has 0 saturated carbocycles. The molecule has 27 heavy (non-hydrogen) atoms. The van der Waals surface area contributed by atoms with Crippen molar-refractivity contribution in [1.29, 1.82) is 0 Å². The quantitative estimate of drug-likeness (QED) is 0.731. The maximum Gasteiger partial charge on any atom is 0.207 e. The summed E-state index contributed by atoms with van der Waals surface area (Å²) in [6, 6.07) is 5.54. The number of pyridine rings is 1. The molecule has 1 amide bonds. The van der Waals surface area contributed by atoms with Crippen LogP contribution in [0.3, 0.4) is 0 Å². The van der Waals surface area contributed by atoms with Crippen LogP contribution in [-0.4, -0.2) is 25.0 Å². The molecule has 0 aliphatic heterocycles. The molecule has 0 aliphatic rings. The third-order valence-corrected chi connectivity index (χ3v) is 4.99. The van der Waals surface area contributed by atoms with Crippen molar-refractivity contribution in [3.05, 3.63) is 55.8 Å². The van der Waals surface area contributed by atoms with Gasteiger partial charge in [0.2, 0.25) is 6.41 Å². The lowest BCUT2D eigenvalue weighted by molar-refractivity contribution is -0.110. The number of ether oxygens (including phenoxy) is 1. The molecule has 0 fully saturated rings. The lowest BCUT2D eigenvalue weighted by atomic mass is 9.85. The molecular weight excluding hydrogens is 364 g/mol. The molecule has 6 heteroatoms. The van der Waals surface area contributed by atoms with E-state index in [4.69, 9.17) is 16.3 Å². The zero-order chi connectivity index (χ0) is 20.4. The van der Waals surface area contributed by atoms with Gasteiger partial charge in [0.25, 0.3) is 0 Å². The molecular formula is C21H27ClN2O3. The Kier molecular flexibility index (Phi) is 6.50. The van der Waals surface area contributed by atoms with E-state index in [1.807, 2.05) is 19.9 Å². The summed E-state index contributed by atoms with van der Waals surface area (Å²) in [5.41, 5.74) is 4.71. The SMILES string of the molecule is COC(CNC=O)c1c(C)[nH]c(-c2cc(Cl)c(C(C)(C)C)cc2C)cc1=O. The summed E-state index contributed by atoms with van der Waals surface area (Å²) >= 11 is 6.52. The minimum absolute atomic E-state index is 0.0647. The average molecular weight is 391 g/mol. The number of halogens is 1. The van der Waals surface area contributed by atoms with Gasteiger partial charge in [0.15, 0.2) is 5.43 Å². The van der Waals surface area contributed by atoms with E-state index in [1.165, 1.54) is 7.11 Å². The number of rotatable bonds is 6. The number of amides is 1. The third kappa shape index (κ3) is 4.60. The van der Waals surface area contributed by atoms with Crippen molar-refractivity contribution in [3.8, 4) is 11.3 Å². The van der Waals surface area contributed by atoms with Gasteiger partial charge in [0.1, 0.15) is 6.10 Å². The van der Waals surface area contributed by atoms with E-state index >= 15 is 0 Å². The first-order valence-electron chi connectivity index (χ1n) is 8.84. The van der Waals surface area contributed by atoms with E-state index in [1.54, 1.807) is 6.07 Å². The van der Waals surface area contributed by atoms with Gasteiger partial charge in [-0.1, -0.05) is 38.4 Å². The first-order valence-corrected chi connectivity index (χ1v) is 9.22. The van der Waals surface area contributed by atoms with Gasteiger partial charge in [-0.3, -0.25) is 9.59 Å². The summed E-state index contributed by atoms with van der Waals surface area (Å²) in [5.74, 6) is 0. The molecule has 146 valence electrons. The number of aromatic nitrogens is 1. The Morgan fingerprint density at radius 3 is 2.44 bits per heavy atom. The largest absolute Gasteiger partial charge is 0.375 e. The van der Waals surface area contributed by atoms with Crippen molar-refractivity contribution in [3.63, 3.8) is 0 Å². The van der Waals surface area contributed by atoms with Crippen LogP contribution in [0, 0.1) is 13.8 Å². The zero-order valence-corrected chi connectivity index (χ0v) is 17.5. The Labute approximate surface area is 165 Å².